The van der Waals surface area contributed by atoms with Crippen LogP contribution in [0.25, 0.3) is 0 Å². The number of benzene rings is 1. The number of nitrogens with zero attached hydrogens (tertiary/aromatic N) is 5. The Bertz CT molecular complexity index is 758. The first-order valence-corrected chi connectivity index (χ1v) is 9.68. The van der Waals surface area contributed by atoms with Gasteiger partial charge in [-0.25, -0.2) is 9.07 Å². The van der Waals surface area contributed by atoms with Crippen LogP contribution in [0.5, 0.6) is 0 Å². The van der Waals surface area contributed by atoms with Gasteiger partial charge in [0.2, 0.25) is 5.91 Å². The summed E-state index contributed by atoms with van der Waals surface area (Å²) in [6, 6.07) is 5.61. The molecule has 28 heavy (non-hydrogen) atoms. The Labute approximate surface area is 163 Å². The van der Waals surface area contributed by atoms with E-state index in [4.69, 9.17) is 10.5 Å². The van der Waals surface area contributed by atoms with Crippen LogP contribution in [0.4, 0.5) is 4.39 Å². The molecule has 0 radical (unpaired) electrons. The Morgan fingerprint density at radius 3 is 2.64 bits per heavy atom. The van der Waals surface area contributed by atoms with Crippen LogP contribution >= 0.6 is 0 Å². The summed E-state index contributed by atoms with van der Waals surface area (Å²) in [5.74, 6) is 0.238. The zero-order valence-corrected chi connectivity index (χ0v) is 16.1. The number of nitrogens with two attached hydrogens (primary N) is 1. The minimum atomic E-state index is -0.560. The van der Waals surface area contributed by atoms with E-state index in [9.17, 15) is 9.18 Å². The van der Waals surface area contributed by atoms with E-state index in [2.05, 4.69) is 15.5 Å². The summed E-state index contributed by atoms with van der Waals surface area (Å²) in [7, 11) is 0. The predicted octanol–water partition coefficient (Wildman–Crippen LogP) is 1.26. The largest absolute Gasteiger partial charge is 0.378 e. The number of rotatable bonds is 8. The molecule has 0 aliphatic carbocycles. The van der Waals surface area contributed by atoms with E-state index in [1.54, 1.807) is 23.7 Å². The van der Waals surface area contributed by atoms with Crippen LogP contribution in [-0.4, -0.2) is 63.4 Å². The van der Waals surface area contributed by atoms with Crippen LogP contribution in [0.2, 0.25) is 0 Å². The predicted molar refractivity (Wildman–Crippen MR) is 101 cm³/mol. The molecule has 1 atom stereocenters. The van der Waals surface area contributed by atoms with E-state index in [-0.39, 0.29) is 17.8 Å². The SMILES string of the molecule is Cc1nnnn1C(Cc1ccc(F)cc1)C(=O)N1CCC(OCCCN)CC1. The van der Waals surface area contributed by atoms with E-state index in [0.29, 0.717) is 38.5 Å². The summed E-state index contributed by atoms with van der Waals surface area (Å²) in [6.07, 6.45) is 3.01. The highest BCUT2D eigenvalue weighted by Gasteiger charge is 2.31. The molecular formula is C19H27FN6O2. The van der Waals surface area contributed by atoms with Crippen LogP contribution < -0.4 is 5.73 Å². The van der Waals surface area contributed by atoms with Crippen molar-refractivity contribution in [1.82, 2.24) is 25.1 Å². The van der Waals surface area contributed by atoms with Crippen LogP contribution in [-0.2, 0) is 16.0 Å². The third kappa shape index (κ3) is 5.11. The topological polar surface area (TPSA) is 99.2 Å². The molecule has 1 fully saturated rings. The number of aromatic nitrogens is 4. The highest BCUT2D eigenvalue weighted by Crippen LogP contribution is 2.22. The highest BCUT2D eigenvalue weighted by atomic mass is 19.1. The molecule has 1 aliphatic rings. The second kappa shape index (κ2) is 9.70. The summed E-state index contributed by atoms with van der Waals surface area (Å²) >= 11 is 0. The average Bonchev–Trinajstić information content (AvgIpc) is 3.13. The standard InChI is InChI=1S/C19H27FN6O2/c1-14-22-23-24-26(14)18(13-15-3-5-16(20)6-4-15)19(27)25-10-7-17(8-11-25)28-12-2-9-21/h3-6,17-18H,2,7-13,21H2,1H3. The van der Waals surface area contributed by atoms with Gasteiger partial charge >= 0.3 is 0 Å². The maximum absolute atomic E-state index is 13.3. The van der Waals surface area contributed by atoms with Crippen molar-refractivity contribution in [1.29, 1.82) is 0 Å². The first-order chi connectivity index (χ1) is 13.6. The van der Waals surface area contributed by atoms with Gasteiger partial charge in [-0.05, 0) is 60.9 Å². The van der Waals surface area contributed by atoms with Gasteiger partial charge in [0, 0.05) is 26.1 Å². The molecule has 1 saturated heterocycles. The Hall–Kier alpha value is -2.39. The van der Waals surface area contributed by atoms with E-state index in [1.165, 1.54) is 12.1 Å². The van der Waals surface area contributed by atoms with Crippen LogP contribution in [0.1, 0.15) is 36.7 Å². The van der Waals surface area contributed by atoms with Gasteiger partial charge in [0.15, 0.2) is 0 Å². The number of hydrogen-bond acceptors (Lipinski definition) is 6. The number of tetrazole rings is 1. The van der Waals surface area contributed by atoms with Crippen molar-refractivity contribution in [3.63, 3.8) is 0 Å². The Kier molecular flexibility index (Phi) is 7.05. The second-order valence-electron chi connectivity index (χ2n) is 7.05. The van der Waals surface area contributed by atoms with Crippen molar-refractivity contribution in [2.45, 2.75) is 44.8 Å². The molecule has 2 heterocycles. The maximum atomic E-state index is 13.3. The maximum Gasteiger partial charge on any atom is 0.247 e. The van der Waals surface area contributed by atoms with Crippen LogP contribution in [0.15, 0.2) is 24.3 Å². The monoisotopic (exact) mass is 390 g/mol. The van der Waals surface area contributed by atoms with Gasteiger partial charge in [-0.1, -0.05) is 12.1 Å². The smallest absolute Gasteiger partial charge is 0.247 e. The summed E-state index contributed by atoms with van der Waals surface area (Å²) in [5, 5.41) is 11.6. The van der Waals surface area contributed by atoms with Crippen LogP contribution in [0.3, 0.4) is 0 Å². The van der Waals surface area contributed by atoms with E-state index >= 15 is 0 Å². The van der Waals surface area contributed by atoms with Crippen molar-refractivity contribution in [2.24, 2.45) is 5.73 Å². The first-order valence-electron chi connectivity index (χ1n) is 9.68. The van der Waals surface area contributed by atoms with Gasteiger partial charge in [-0.3, -0.25) is 4.79 Å². The number of aryl methyl sites for hydroxylation is 1. The Morgan fingerprint density at radius 1 is 1.32 bits per heavy atom. The molecule has 2 aromatic rings. The molecule has 1 aromatic carbocycles. The Morgan fingerprint density at radius 2 is 2.04 bits per heavy atom. The molecule has 1 aliphatic heterocycles. The Balaban J connectivity index is 1.67. The average molecular weight is 390 g/mol. The van der Waals surface area contributed by atoms with E-state index in [1.807, 2.05) is 4.90 Å². The minimum absolute atomic E-state index is 0.0277. The molecule has 1 amide bonds. The van der Waals surface area contributed by atoms with E-state index < -0.39 is 6.04 Å². The van der Waals surface area contributed by atoms with Gasteiger partial charge in [0.05, 0.1) is 6.10 Å². The molecule has 3 rings (SSSR count). The van der Waals surface area contributed by atoms with Crippen LogP contribution in [0, 0.1) is 12.7 Å². The quantitative estimate of drug-likeness (QED) is 0.682. The molecule has 0 spiro atoms. The summed E-state index contributed by atoms with van der Waals surface area (Å²) in [5.41, 5.74) is 6.35. The number of piperidine rings is 1. The number of ether oxygens (including phenoxy) is 1. The summed E-state index contributed by atoms with van der Waals surface area (Å²) in [6.45, 7) is 4.31. The molecule has 152 valence electrons. The lowest BCUT2D eigenvalue weighted by atomic mass is 10.0. The lowest BCUT2D eigenvalue weighted by molar-refractivity contribution is -0.137. The van der Waals surface area contributed by atoms with E-state index in [0.717, 1.165) is 24.8 Å². The normalized spacial score (nSPS) is 16.3. The fraction of sp³-hybridized carbons (Fsp3) is 0.579. The molecule has 1 aromatic heterocycles. The first kappa shape index (κ1) is 20.3. The molecule has 0 saturated carbocycles. The third-order valence-electron chi connectivity index (χ3n) is 5.04. The van der Waals surface area contributed by atoms with Crippen molar-refractivity contribution in [3.8, 4) is 0 Å². The number of halogens is 1. The van der Waals surface area contributed by atoms with Gasteiger partial charge in [0.25, 0.3) is 0 Å². The molecule has 0 bridgehead atoms. The van der Waals surface area contributed by atoms with Gasteiger partial charge in [0.1, 0.15) is 17.7 Å². The lowest BCUT2D eigenvalue weighted by Gasteiger charge is -2.34. The summed E-state index contributed by atoms with van der Waals surface area (Å²) in [4.78, 5) is 15.1. The fourth-order valence-corrected chi connectivity index (χ4v) is 3.44. The van der Waals surface area contributed by atoms with Crippen molar-refractivity contribution < 1.29 is 13.9 Å². The molecular weight excluding hydrogens is 363 g/mol. The zero-order valence-electron chi connectivity index (χ0n) is 16.1. The number of carbonyl (C=O) groups excluding carboxylic acids is 1. The van der Waals surface area contributed by atoms with Gasteiger partial charge in [-0.15, -0.1) is 5.10 Å². The summed E-state index contributed by atoms with van der Waals surface area (Å²) < 4.78 is 20.6. The molecule has 9 heteroatoms. The number of carbonyl (C=O) groups is 1. The van der Waals surface area contributed by atoms with Crippen molar-refractivity contribution in [3.05, 3.63) is 41.5 Å². The number of hydrogen-bond donors (Lipinski definition) is 1. The molecule has 2 N–H and O–H groups in total. The molecule has 8 nitrogen and oxygen atoms in total. The fourth-order valence-electron chi connectivity index (χ4n) is 3.44. The lowest BCUT2D eigenvalue weighted by Crippen LogP contribution is -2.45. The number of likely N-dealkylation sites (tertiary alicyclic amines) is 1. The minimum Gasteiger partial charge on any atom is -0.378 e. The van der Waals surface area contributed by atoms with Crippen molar-refractivity contribution >= 4 is 5.91 Å². The molecule has 1 unspecified atom stereocenters. The van der Waals surface area contributed by atoms with Gasteiger partial charge < -0.3 is 15.4 Å². The van der Waals surface area contributed by atoms with Crippen molar-refractivity contribution in [2.75, 3.05) is 26.2 Å². The highest BCUT2D eigenvalue weighted by molar-refractivity contribution is 5.80. The number of amides is 1. The second-order valence-corrected chi connectivity index (χ2v) is 7.05. The zero-order chi connectivity index (χ0) is 19.9. The van der Waals surface area contributed by atoms with Gasteiger partial charge in [-0.2, -0.15) is 0 Å². The third-order valence-corrected chi connectivity index (χ3v) is 5.04.